The molecular formula is C53H70N6O6. The summed E-state index contributed by atoms with van der Waals surface area (Å²) in [5.41, 5.74) is 2.88. The van der Waals surface area contributed by atoms with Crippen LogP contribution >= 0.6 is 0 Å². The number of likely N-dealkylation sites (tertiary alicyclic amines) is 1. The Morgan fingerprint density at radius 1 is 0.538 bits per heavy atom. The Morgan fingerprint density at radius 2 is 1.02 bits per heavy atom. The maximum Gasteiger partial charge on any atom is 0.254 e. The molecule has 7 atom stereocenters. The van der Waals surface area contributed by atoms with Crippen LogP contribution in [0.1, 0.15) is 147 Å². The van der Waals surface area contributed by atoms with E-state index >= 15 is 0 Å². The van der Waals surface area contributed by atoms with Crippen molar-refractivity contribution in [2.75, 3.05) is 39.3 Å². The topological polar surface area (TPSA) is 148 Å². The molecule has 7 rings (SSSR count). The monoisotopic (exact) mass is 887 g/mol. The van der Waals surface area contributed by atoms with Gasteiger partial charge >= 0.3 is 0 Å². The molecule has 12 nitrogen and oxygen atoms in total. The van der Waals surface area contributed by atoms with Crippen molar-refractivity contribution < 1.29 is 28.8 Å². The summed E-state index contributed by atoms with van der Waals surface area (Å²) in [4.78, 5) is 87.0. The number of carbonyl (C=O) groups excluding carboxylic acids is 6. The fraction of sp³-hybridized carbons (Fsp3) is 0.547. The fourth-order valence-corrected chi connectivity index (χ4v) is 9.94. The third kappa shape index (κ3) is 12.9. The van der Waals surface area contributed by atoms with Crippen LogP contribution in [0.4, 0.5) is 0 Å². The molecule has 2 aliphatic heterocycles. The number of hydrogen-bond donors (Lipinski definition) is 3. The van der Waals surface area contributed by atoms with Crippen LogP contribution in [0, 0.1) is 11.8 Å². The molecule has 4 aliphatic rings. The Hall–Kier alpha value is -5.52. The number of nitrogens with one attached hydrogen (secondary N) is 3. The van der Waals surface area contributed by atoms with E-state index in [0.717, 1.165) is 43.2 Å². The van der Waals surface area contributed by atoms with E-state index in [1.54, 1.807) is 34.1 Å². The quantitative estimate of drug-likeness (QED) is 0.0910. The van der Waals surface area contributed by atoms with Gasteiger partial charge in [-0.05, 0) is 48.6 Å². The van der Waals surface area contributed by atoms with Gasteiger partial charge in [-0.2, -0.15) is 0 Å². The van der Waals surface area contributed by atoms with Gasteiger partial charge in [0.2, 0.25) is 23.6 Å². The second-order valence-corrected chi connectivity index (χ2v) is 18.9. The lowest BCUT2D eigenvalue weighted by molar-refractivity contribution is -0.141. The van der Waals surface area contributed by atoms with Crippen molar-refractivity contribution in [3.63, 3.8) is 0 Å². The highest BCUT2D eigenvalue weighted by molar-refractivity contribution is 6.01. The van der Waals surface area contributed by atoms with Crippen LogP contribution in [0.3, 0.4) is 0 Å². The molecule has 0 spiro atoms. The van der Waals surface area contributed by atoms with Crippen LogP contribution in [0.2, 0.25) is 0 Å². The standard InChI is InChI=1S/C53H70N6O6/c1-3-4-5-6-7-8-9-10-11-12-13-20-28-54-51(63)48-36-57(29-30-59(48)37(2)60)52(64)40-26-21-27-41(31-40)53(65)58-34-44(49(61)55-46-32-42(46)38-22-16-14-17-23-38)45(35-58)50(62)56-47-33-43(47)39-24-18-15-19-25-39/h14-19,21-27,31,42-48H,3-13,20,28-30,32-36H2,1-2H3,(H,54,63)(H,55,61)(H,56,62)/t42-,43-,44-,45-,46+,47+,48-/m1/s1. The van der Waals surface area contributed by atoms with Crippen LogP contribution in [0.25, 0.3) is 0 Å². The van der Waals surface area contributed by atoms with E-state index in [-0.39, 0.29) is 103 Å². The minimum atomic E-state index is -0.819. The van der Waals surface area contributed by atoms with Crippen molar-refractivity contribution in [1.29, 1.82) is 0 Å². The molecule has 2 saturated heterocycles. The number of rotatable bonds is 22. The van der Waals surface area contributed by atoms with Gasteiger partial charge in [0, 0.05) is 74.7 Å². The first-order chi connectivity index (χ1) is 31.6. The summed E-state index contributed by atoms with van der Waals surface area (Å²) < 4.78 is 0. The van der Waals surface area contributed by atoms with Gasteiger partial charge in [-0.15, -0.1) is 0 Å². The lowest BCUT2D eigenvalue weighted by Crippen LogP contribution is -2.61. The van der Waals surface area contributed by atoms with Crippen LogP contribution in [-0.4, -0.2) is 108 Å². The smallest absolute Gasteiger partial charge is 0.254 e. The largest absolute Gasteiger partial charge is 0.354 e. The SMILES string of the molecule is CCCCCCCCCCCCCCNC(=O)[C@H]1CN(C(=O)c2cccc(C(=O)N3C[C@@H](C(=O)N[C@H]4C[C@@H]4c4ccccc4)[C@H](C(=O)N[C@H]4C[C@@H]4c4ccccc4)C3)c2)CCN1C(C)=O. The van der Waals surface area contributed by atoms with E-state index in [1.165, 1.54) is 69.6 Å². The van der Waals surface area contributed by atoms with Gasteiger partial charge in [0.15, 0.2) is 0 Å². The fourth-order valence-electron chi connectivity index (χ4n) is 9.94. The van der Waals surface area contributed by atoms with Crippen molar-refractivity contribution in [1.82, 2.24) is 30.7 Å². The molecule has 0 radical (unpaired) electrons. The Labute approximate surface area is 385 Å². The maximum absolute atomic E-state index is 14.2. The molecule has 65 heavy (non-hydrogen) atoms. The van der Waals surface area contributed by atoms with Crippen molar-refractivity contribution >= 4 is 35.4 Å². The summed E-state index contributed by atoms with van der Waals surface area (Å²) in [5.74, 6) is -2.73. The van der Waals surface area contributed by atoms with Gasteiger partial charge in [-0.1, -0.05) is 144 Å². The number of piperazine rings is 1. The van der Waals surface area contributed by atoms with Gasteiger partial charge in [-0.25, -0.2) is 0 Å². The average Bonchev–Trinajstić information content (AvgIpc) is 4.24. The molecule has 6 amide bonds. The average molecular weight is 887 g/mol. The number of nitrogens with zero attached hydrogens (tertiary/aromatic N) is 3. The molecule has 2 saturated carbocycles. The van der Waals surface area contributed by atoms with Crippen molar-refractivity contribution in [3.8, 4) is 0 Å². The Kier molecular flexibility index (Phi) is 16.9. The molecule has 3 aromatic rings. The van der Waals surface area contributed by atoms with E-state index in [2.05, 4.69) is 47.1 Å². The molecule has 0 unspecified atom stereocenters. The summed E-state index contributed by atoms with van der Waals surface area (Å²) in [6.45, 7) is 4.85. The zero-order valence-corrected chi connectivity index (χ0v) is 38.6. The van der Waals surface area contributed by atoms with Crippen molar-refractivity contribution in [2.24, 2.45) is 11.8 Å². The third-order valence-electron chi connectivity index (χ3n) is 14.0. The third-order valence-corrected chi connectivity index (χ3v) is 14.0. The van der Waals surface area contributed by atoms with E-state index in [4.69, 9.17) is 0 Å². The molecule has 2 heterocycles. The minimum absolute atomic E-state index is 0.0332. The highest BCUT2D eigenvalue weighted by atomic mass is 16.2. The summed E-state index contributed by atoms with van der Waals surface area (Å²) in [6.07, 6.45) is 16.3. The van der Waals surface area contributed by atoms with E-state index < -0.39 is 17.9 Å². The van der Waals surface area contributed by atoms with Gasteiger partial charge in [0.05, 0.1) is 18.4 Å². The number of unbranched alkanes of at least 4 members (excludes halogenated alkanes) is 11. The minimum Gasteiger partial charge on any atom is -0.354 e. The van der Waals surface area contributed by atoms with E-state index in [9.17, 15) is 28.8 Å². The zero-order valence-electron chi connectivity index (χ0n) is 38.6. The molecule has 0 bridgehead atoms. The Morgan fingerprint density at radius 3 is 1.51 bits per heavy atom. The van der Waals surface area contributed by atoms with Crippen LogP contribution < -0.4 is 16.0 Å². The van der Waals surface area contributed by atoms with Gasteiger partial charge in [-0.3, -0.25) is 28.8 Å². The predicted octanol–water partition coefficient (Wildman–Crippen LogP) is 7.21. The molecule has 12 heteroatoms. The molecule has 3 aromatic carbocycles. The summed E-state index contributed by atoms with van der Waals surface area (Å²) in [7, 11) is 0. The van der Waals surface area contributed by atoms with E-state index in [1.807, 2.05) is 36.4 Å². The lowest BCUT2D eigenvalue weighted by Gasteiger charge is -2.40. The van der Waals surface area contributed by atoms with Crippen molar-refractivity contribution in [2.45, 2.75) is 134 Å². The maximum atomic E-state index is 14.2. The lowest BCUT2D eigenvalue weighted by atomic mass is 9.94. The highest BCUT2D eigenvalue weighted by Crippen LogP contribution is 2.42. The first kappa shape index (κ1) is 47.4. The van der Waals surface area contributed by atoms with Crippen LogP contribution in [0.15, 0.2) is 84.9 Å². The normalized spacial score (nSPS) is 23.4. The molecular weight excluding hydrogens is 817 g/mol. The summed E-state index contributed by atoms with van der Waals surface area (Å²) in [5, 5.41) is 9.39. The van der Waals surface area contributed by atoms with Gasteiger partial charge in [0.25, 0.3) is 11.8 Å². The van der Waals surface area contributed by atoms with Crippen molar-refractivity contribution in [3.05, 3.63) is 107 Å². The molecule has 348 valence electrons. The second-order valence-electron chi connectivity index (χ2n) is 18.9. The van der Waals surface area contributed by atoms with Gasteiger partial charge < -0.3 is 30.7 Å². The highest BCUT2D eigenvalue weighted by Gasteiger charge is 2.49. The zero-order chi connectivity index (χ0) is 45.7. The number of benzene rings is 3. The Balaban J connectivity index is 0.932. The summed E-state index contributed by atoms with van der Waals surface area (Å²) in [6, 6.07) is 25.7. The summed E-state index contributed by atoms with van der Waals surface area (Å²) >= 11 is 0. The molecule has 2 aliphatic carbocycles. The predicted molar refractivity (Wildman–Crippen MR) is 252 cm³/mol. The number of carbonyl (C=O) groups is 6. The number of amides is 6. The molecule has 0 aromatic heterocycles. The molecule has 4 fully saturated rings. The molecule has 3 N–H and O–H groups in total. The second kappa shape index (κ2) is 23.1. The van der Waals surface area contributed by atoms with Gasteiger partial charge in [0.1, 0.15) is 6.04 Å². The number of hydrogen-bond acceptors (Lipinski definition) is 6. The first-order valence-corrected chi connectivity index (χ1v) is 24.6. The Bertz CT molecular complexity index is 2020. The van der Waals surface area contributed by atoms with Crippen LogP contribution in [-0.2, 0) is 19.2 Å². The van der Waals surface area contributed by atoms with Crippen LogP contribution in [0.5, 0.6) is 0 Å². The first-order valence-electron chi connectivity index (χ1n) is 24.6. The van der Waals surface area contributed by atoms with E-state index in [0.29, 0.717) is 6.54 Å².